The van der Waals surface area contributed by atoms with E-state index in [0.717, 1.165) is 16.8 Å². The third-order valence-corrected chi connectivity index (χ3v) is 5.50. The SMILES string of the molecule is COc1cccc(C(=O)NN2C(=O)/C(=C\c3ccccc3OC(C)C(=O)O)SC2=S)c1. The molecule has 31 heavy (non-hydrogen) atoms. The highest BCUT2D eigenvalue weighted by molar-refractivity contribution is 8.26. The van der Waals surface area contributed by atoms with E-state index in [0.29, 0.717) is 22.6 Å². The minimum atomic E-state index is -1.11. The Morgan fingerprint density at radius 3 is 2.68 bits per heavy atom. The molecular weight excluding hydrogens is 440 g/mol. The molecule has 1 fully saturated rings. The second-order valence-corrected chi connectivity index (χ2v) is 8.00. The summed E-state index contributed by atoms with van der Waals surface area (Å²) in [6, 6.07) is 13.2. The first kappa shape index (κ1) is 22.3. The van der Waals surface area contributed by atoms with Gasteiger partial charge in [-0.2, -0.15) is 5.01 Å². The van der Waals surface area contributed by atoms with Crippen LogP contribution in [0.4, 0.5) is 0 Å². The Morgan fingerprint density at radius 1 is 1.23 bits per heavy atom. The smallest absolute Gasteiger partial charge is 0.344 e. The molecular formula is C21H18N2O6S2. The lowest BCUT2D eigenvalue weighted by Gasteiger charge is -2.16. The molecule has 2 N–H and O–H groups in total. The van der Waals surface area contributed by atoms with Crippen LogP contribution in [0.3, 0.4) is 0 Å². The van der Waals surface area contributed by atoms with Crippen molar-refractivity contribution >= 4 is 52.2 Å². The van der Waals surface area contributed by atoms with Gasteiger partial charge >= 0.3 is 5.97 Å². The number of nitrogens with one attached hydrogen (secondary N) is 1. The normalized spacial score (nSPS) is 15.7. The highest BCUT2D eigenvalue weighted by Gasteiger charge is 2.34. The Bertz CT molecular complexity index is 1090. The van der Waals surface area contributed by atoms with Crippen molar-refractivity contribution in [2.24, 2.45) is 0 Å². The van der Waals surface area contributed by atoms with E-state index in [4.69, 9.17) is 26.8 Å². The number of carbonyl (C=O) groups is 3. The van der Waals surface area contributed by atoms with Crippen LogP contribution in [0.25, 0.3) is 6.08 Å². The number of rotatable bonds is 7. The molecule has 1 saturated heterocycles. The molecule has 2 aromatic carbocycles. The van der Waals surface area contributed by atoms with E-state index in [1.54, 1.807) is 54.6 Å². The largest absolute Gasteiger partial charge is 0.497 e. The number of hydrazine groups is 1. The van der Waals surface area contributed by atoms with Crippen molar-refractivity contribution in [2.75, 3.05) is 7.11 Å². The van der Waals surface area contributed by atoms with Crippen molar-refractivity contribution in [1.29, 1.82) is 0 Å². The summed E-state index contributed by atoms with van der Waals surface area (Å²) in [5.74, 6) is -1.32. The van der Waals surface area contributed by atoms with Crippen molar-refractivity contribution in [3.8, 4) is 11.5 Å². The molecule has 1 heterocycles. The number of thiocarbonyl (C=S) groups is 1. The van der Waals surface area contributed by atoms with Crippen LogP contribution in [-0.2, 0) is 9.59 Å². The van der Waals surface area contributed by atoms with Crippen molar-refractivity contribution in [2.45, 2.75) is 13.0 Å². The minimum Gasteiger partial charge on any atom is -0.497 e. The van der Waals surface area contributed by atoms with Crippen molar-refractivity contribution in [1.82, 2.24) is 10.4 Å². The van der Waals surface area contributed by atoms with Gasteiger partial charge in [-0.25, -0.2) is 4.79 Å². The van der Waals surface area contributed by atoms with Gasteiger partial charge in [-0.1, -0.05) is 36.0 Å². The summed E-state index contributed by atoms with van der Waals surface area (Å²) in [5, 5.41) is 10.1. The van der Waals surface area contributed by atoms with Gasteiger partial charge in [0.1, 0.15) is 11.5 Å². The van der Waals surface area contributed by atoms with E-state index < -0.39 is 23.9 Å². The quantitative estimate of drug-likeness (QED) is 0.482. The molecule has 1 unspecified atom stereocenters. The lowest BCUT2D eigenvalue weighted by atomic mass is 10.2. The average molecular weight is 459 g/mol. The van der Waals surface area contributed by atoms with Gasteiger partial charge in [-0.15, -0.1) is 0 Å². The van der Waals surface area contributed by atoms with Gasteiger partial charge in [-0.3, -0.25) is 15.0 Å². The molecule has 0 aliphatic carbocycles. The summed E-state index contributed by atoms with van der Waals surface area (Å²) in [5.41, 5.74) is 3.31. The predicted molar refractivity (Wildman–Crippen MR) is 120 cm³/mol. The molecule has 0 saturated carbocycles. The van der Waals surface area contributed by atoms with Crippen molar-refractivity contribution < 1.29 is 29.0 Å². The lowest BCUT2D eigenvalue weighted by Crippen LogP contribution is -2.44. The third kappa shape index (κ3) is 5.22. The van der Waals surface area contributed by atoms with Crippen LogP contribution in [0, 0.1) is 0 Å². The van der Waals surface area contributed by atoms with Crippen molar-refractivity contribution in [3.05, 3.63) is 64.6 Å². The molecule has 8 nitrogen and oxygen atoms in total. The number of hydrogen-bond donors (Lipinski definition) is 2. The third-order valence-electron chi connectivity index (χ3n) is 4.20. The number of hydrogen-bond acceptors (Lipinski definition) is 7. The highest BCUT2D eigenvalue weighted by atomic mass is 32.2. The number of carboxylic acids is 1. The predicted octanol–water partition coefficient (Wildman–Crippen LogP) is 3.09. The number of methoxy groups -OCH3 is 1. The molecule has 0 bridgehead atoms. The van der Waals surface area contributed by atoms with Crippen LogP contribution in [0.5, 0.6) is 11.5 Å². The van der Waals surface area contributed by atoms with Crippen LogP contribution in [0.15, 0.2) is 53.4 Å². The first-order valence-electron chi connectivity index (χ1n) is 9.01. The molecule has 160 valence electrons. The maximum Gasteiger partial charge on any atom is 0.344 e. The number of aliphatic carboxylic acids is 1. The fraction of sp³-hybridized carbons (Fsp3) is 0.143. The number of benzene rings is 2. The van der Waals surface area contributed by atoms with E-state index in [2.05, 4.69) is 5.43 Å². The second kappa shape index (κ2) is 9.63. The Kier molecular flexibility index (Phi) is 6.93. The molecule has 2 aromatic rings. The van der Waals surface area contributed by atoms with Gasteiger partial charge in [0.2, 0.25) is 0 Å². The molecule has 1 aliphatic heterocycles. The summed E-state index contributed by atoms with van der Waals surface area (Å²) in [6.07, 6.45) is 0.479. The monoisotopic (exact) mass is 458 g/mol. The summed E-state index contributed by atoms with van der Waals surface area (Å²) in [6.45, 7) is 1.41. The lowest BCUT2D eigenvalue weighted by molar-refractivity contribution is -0.144. The minimum absolute atomic E-state index is 0.157. The van der Waals surface area contributed by atoms with E-state index in [9.17, 15) is 14.4 Å². The summed E-state index contributed by atoms with van der Waals surface area (Å²) >= 11 is 6.26. The van der Waals surface area contributed by atoms with Gasteiger partial charge in [0.25, 0.3) is 11.8 Å². The van der Waals surface area contributed by atoms with Crippen molar-refractivity contribution in [3.63, 3.8) is 0 Å². The summed E-state index contributed by atoms with van der Waals surface area (Å²) in [4.78, 5) is 36.7. The number of thioether (sulfide) groups is 1. The van der Waals surface area contributed by atoms with E-state index in [-0.39, 0.29) is 9.23 Å². The molecule has 1 atom stereocenters. The molecule has 0 spiro atoms. The Labute approximate surface area is 187 Å². The van der Waals surface area contributed by atoms with Gasteiger partial charge < -0.3 is 14.6 Å². The number of carbonyl (C=O) groups excluding carboxylic acids is 2. The summed E-state index contributed by atoms with van der Waals surface area (Å²) in [7, 11) is 1.49. The zero-order valence-electron chi connectivity index (χ0n) is 16.5. The van der Waals surface area contributed by atoms with Gasteiger partial charge in [0, 0.05) is 11.1 Å². The summed E-state index contributed by atoms with van der Waals surface area (Å²) < 4.78 is 10.7. The molecule has 1 aliphatic rings. The Morgan fingerprint density at radius 2 is 1.97 bits per heavy atom. The zero-order valence-corrected chi connectivity index (χ0v) is 18.2. The number of ether oxygens (including phenoxy) is 2. The van der Waals surface area contributed by atoms with Crippen LogP contribution in [0.2, 0.25) is 0 Å². The molecule has 10 heteroatoms. The standard InChI is InChI=1S/C21H18N2O6S2/c1-12(20(26)27)29-16-9-4-3-6-13(16)11-17-19(25)23(21(30)31-17)22-18(24)14-7-5-8-15(10-14)28-2/h3-12H,1-2H3,(H,22,24)(H,26,27)/b17-11+. The maximum absolute atomic E-state index is 12.8. The van der Waals surface area contributed by atoms with Gasteiger partial charge in [0.15, 0.2) is 10.4 Å². The van der Waals surface area contributed by atoms with E-state index in [1.807, 2.05) is 0 Å². The number of carboxylic acid groups (broad SMARTS) is 1. The van der Waals surface area contributed by atoms with E-state index in [1.165, 1.54) is 14.0 Å². The van der Waals surface area contributed by atoms with E-state index >= 15 is 0 Å². The van der Waals surface area contributed by atoms with Crippen LogP contribution in [-0.4, -0.2) is 45.4 Å². The second-order valence-electron chi connectivity index (χ2n) is 6.33. The number of para-hydroxylation sites is 1. The fourth-order valence-corrected chi connectivity index (χ4v) is 3.75. The Hall–Kier alpha value is -3.37. The first-order chi connectivity index (χ1) is 14.8. The van der Waals surface area contributed by atoms with Gasteiger partial charge in [-0.05, 0) is 49.5 Å². The Balaban J connectivity index is 1.79. The van der Waals surface area contributed by atoms with Crippen LogP contribution in [0.1, 0.15) is 22.8 Å². The average Bonchev–Trinajstić information content (AvgIpc) is 3.02. The fourth-order valence-electron chi connectivity index (χ4n) is 2.58. The van der Waals surface area contributed by atoms with Crippen LogP contribution >= 0.6 is 24.0 Å². The number of amides is 2. The zero-order chi connectivity index (χ0) is 22.5. The topological polar surface area (TPSA) is 105 Å². The number of nitrogens with zero attached hydrogens (tertiary/aromatic N) is 1. The molecule has 0 radical (unpaired) electrons. The van der Waals surface area contributed by atoms with Crippen LogP contribution < -0.4 is 14.9 Å². The molecule has 0 aromatic heterocycles. The van der Waals surface area contributed by atoms with Gasteiger partial charge in [0.05, 0.1) is 12.0 Å². The highest BCUT2D eigenvalue weighted by Crippen LogP contribution is 2.33. The first-order valence-corrected chi connectivity index (χ1v) is 10.2. The molecule has 2 amide bonds. The molecule has 3 rings (SSSR count). The maximum atomic E-state index is 12.8.